The third kappa shape index (κ3) is 6.27. The highest BCUT2D eigenvalue weighted by Gasteiger charge is 2.22. The topological polar surface area (TPSA) is 60.9 Å². The second-order valence-corrected chi connectivity index (χ2v) is 4.57. The van der Waals surface area contributed by atoms with Crippen molar-refractivity contribution in [3.05, 3.63) is 12.7 Å². The minimum absolute atomic E-state index is 0.225. The molecular weight excluding hydrogens is 244 g/mol. The lowest BCUT2D eigenvalue weighted by Crippen LogP contribution is -2.46. The lowest BCUT2D eigenvalue weighted by Gasteiger charge is -2.30. The van der Waals surface area contributed by atoms with Crippen molar-refractivity contribution >= 4 is 12.0 Å². The maximum absolute atomic E-state index is 12.3. The van der Waals surface area contributed by atoms with Gasteiger partial charge in [0, 0.05) is 19.6 Å². The highest BCUT2D eigenvalue weighted by atomic mass is 16.4. The lowest BCUT2D eigenvalue weighted by molar-refractivity contribution is -0.137. The van der Waals surface area contributed by atoms with Gasteiger partial charge in [0.05, 0.1) is 0 Å². The zero-order chi connectivity index (χ0) is 14.8. The number of hydrogen-bond donors (Lipinski definition) is 1. The molecule has 0 saturated heterocycles. The number of carbonyl (C=O) groups is 2. The van der Waals surface area contributed by atoms with Crippen LogP contribution < -0.4 is 0 Å². The Bertz CT molecular complexity index is 301. The van der Waals surface area contributed by atoms with E-state index in [0.717, 1.165) is 12.8 Å². The molecule has 19 heavy (non-hydrogen) atoms. The van der Waals surface area contributed by atoms with Crippen LogP contribution in [0.15, 0.2) is 12.7 Å². The van der Waals surface area contributed by atoms with E-state index < -0.39 is 5.97 Å². The molecule has 0 aromatic heterocycles. The number of aliphatic carboxylic acids is 1. The van der Waals surface area contributed by atoms with Crippen LogP contribution in [-0.2, 0) is 4.79 Å². The minimum Gasteiger partial charge on any atom is -0.480 e. The highest BCUT2D eigenvalue weighted by molar-refractivity contribution is 5.80. The van der Waals surface area contributed by atoms with Crippen molar-refractivity contribution < 1.29 is 14.7 Å². The molecule has 0 aromatic rings. The Hall–Kier alpha value is -1.52. The number of amides is 2. The molecule has 0 saturated carbocycles. The monoisotopic (exact) mass is 270 g/mol. The second-order valence-electron chi connectivity index (χ2n) is 4.57. The summed E-state index contributed by atoms with van der Waals surface area (Å²) in [6, 6.07) is -0.225. The number of carboxylic acid groups (broad SMARTS) is 1. The third-order valence-corrected chi connectivity index (χ3v) is 3.23. The van der Waals surface area contributed by atoms with Crippen LogP contribution in [0.1, 0.15) is 33.6 Å². The summed E-state index contributed by atoms with van der Waals surface area (Å²) >= 11 is 0. The van der Waals surface area contributed by atoms with Gasteiger partial charge < -0.3 is 14.9 Å². The highest BCUT2D eigenvalue weighted by Crippen LogP contribution is 2.11. The van der Waals surface area contributed by atoms with Crippen molar-refractivity contribution in [3.8, 4) is 0 Å². The molecule has 110 valence electrons. The van der Waals surface area contributed by atoms with Gasteiger partial charge in [-0.15, -0.1) is 6.58 Å². The first-order valence-corrected chi connectivity index (χ1v) is 6.86. The fourth-order valence-corrected chi connectivity index (χ4v) is 1.93. The molecule has 0 atom stereocenters. The Balaban J connectivity index is 4.75. The molecule has 2 amide bonds. The van der Waals surface area contributed by atoms with Crippen LogP contribution in [0.4, 0.5) is 4.79 Å². The molecule has 0 spiro atoms. The maximum atomic E-state index is 12.3. The van der Waals surface area contributed by atoms with E-state index in [4.69, 9.17) is 5.11 Å². The normalized spacial score (nSPS) is 10.3. The molecule has 0 heterocycles. The summed E-state index contributed by atoms with van der Waals surface area (Å²) < 4.78 is 0. The van der Waals surface area contributed by atoms with Gasteiger partial charge >= 0.3 is 12.0 Å². The van der Waals surface area contributed by atoms with Crippen molar-refractivity contribution in [3.63, 3.8) is 0 Å². The number of carbonyl (C=O) groups excluding carboxylic acids is 1. The van der Waals surface area contributed by atoms with Crippen molar-refractivity contribution in [2.75, 3.05) is 26.2 Å². The molecule has 1 N–H and O–H groups in total. The molecule has 0 unspecified atom stereocenters. The molecular formula is C14H26N2O3. The average molecular weight is 270 g/mol. The van der Waals surface area contributed by atoms with Gasteiger partial charge in [0.25, 0.3) is 0 Å². The molecule has 5 heteroatoms. The van der Waals surface area contributed by atoms with E-state index in [9.17, 15) is 9.59 Å². The number of rotatable bonds is 9. The summed E-state index contributed by atoms with van der Waals surface area (Å²) in [7, 11) is 0. The Morgan fingerprint density at radius 2 is 1.79 bits per heavy atom. The van der Waals surface area contributed by atoms with Crippen LogP contribution in [0.5, 0.6) is 0 Å². The van der Waals surface area contributed by atoms with E-state index >= 15 is 0 Å². The quantitative estimate of drug-likeness (QED) is 0.655. The summed E-state index contributed by atoms with van der Waals surface area (Å²) in [5.74, 6) is -0.548. The van der Waals surface area contributed by atoms with E-state index in [1.807, 2.05) is 6.92 Å². The van der Waals surface area contributed by atoms with Crippen molar-refractivity contribution in [2.45, 2.75) is 33.6 Å². The molecule has 0 bridgehead atoms. The number of urea groups is 1. The van der Waals surface area contributed by atoms with Crippen LogP contribution in [-0.4, -0.2) is 53.1 Å². The van der Waals surface area contributed by atoms with E-state index in [1.165, 1.54) is 4.90 Å². The van der Waals surface area contributed by atoms with Gasteiger partial charge in [-0.3, -0.25) is 4.79 Å². The van der Waals surface area contributed by atoms with E-state index in [0.29, 0.717) is 19.0 Å². The molecule has 0 aliphatic carbocycles. The summed E-state index contributed by atoms with van der Waals surface area (Å²) in [4.78, 5) is 26.1. The van der Waals surface area contributed by atoms with Crippen LogP contribution in [0, 0.1) is 5.92 Å². The van der Waals surface area contributed by atoms with Gasteiger partial charge in [-0.2, -0.15) is 0 Å². The first-order chi connectivity index (χ1) is 8.99. The van der Waals surface area contributed by atoms with E-state index in [1.54, 1.807) is 11.0 Å². The van der Waals surface area contributed by atoms with Gasteiger partial charge in [0.15, 0.2) is 0 Å². The van der Waals surface area contributed by atoms with Gasteiger partial charge in [0.2, 0.25) is 0 Å². The van der Waals surface area contributed by atoms with Gasteiger partial charge in [-0.1, -0.05) is 32.8 Å². The zero-order valence-corrected chi connectivity index (χ0v) is 12.3. The third-order valence-electron chi connectivity index (χ3n) is 3.23. The molecule has 0 radical (unpaired) electrons. The second kappa shape index (κ2) is 9.42. The Labute approximate surface area is 115 Å². The van der Waals surface area contributed by atoms with Crippen LogP contribution in [0.2, 0.25) is 0 Å². The number of carboxylic acids is 1. The van der Waals surface area contributed by atoms with Crippen LogP contribution in [0.25, 0.3) is 0 Å². The Morgan fingerprint density at radius 1 is 1.21 bits per heavy atom. The maximum Gasteiger partial charge on any atom is 0.323 e. The van der Waals surface area contributed by atoms with E-state index in [2.05, 4.69) is 20.4 Å². The first-order valence-electron chi connectivity index (χ1n) is 6.86. The zero-order valence-electron chi connectivity index (χ0n) is 12.3. The smallest absolute Gasteiger partial charge is 0.323 e. The fourth-order valence-electron chi connectivity index (χ4n) is 1.93. The van der Waals surface area contributed by atoms with Crippen molar-refractivity contribution in [1.82, 2.24) is 9.80 Å². The van der Waals surface area contributed by atoms with Gasteiger partial charge in [-0.05, 0) is 12.8 Å². The van der Waals surface area contributed by atoms with Crippen molar-refractivity contribution in [2.24, 2.45) is 5.92 Å². The summed E-state index contributed by atoms with van der Waals surface area (Å²) in [6.45, 7) is 10.9. The molecule has 0 aliphatic heterocycles. The minimum atomic E-state index is -1.01. The first kappa shape index (κ1) is 17.5. The SMILES string of the molecule is C=CCN(CC(=O)O)C(=O)N(CC)CC(CC)CC. The molecule has 5 nitrogen and oxygen atoms in total. The molecule has 0 aromatic carbocycles. The number of hydrogen-bond acceptors (Lipinski definition) is 2. The standard InChI is InChI=1S/C14H26N2O3/c1-5-9-16(11-13(17)18)14(19)15(8-4)10-12(6-2)7-3/h5,12H,1,6-11H2,2-4H3,(H,17,18). The molecule has 0 rings (SSSR count). The lowest BCUT2D eigenvalue weighted by atomic mass is 10.0. The molecule has 0 aliphatic rings. The predicted molar refractivity (Wildman–Crippen MR) is 76.1 cm³/mol. The van der Waals surface area contributed by atoms with Gasteiger partial charge in [0.1, 0.15) is 6.54 Å². The summed E-state index contributed by atoms with van der Waals surface area (Å²) in [5.41, 5.74) is 0. The van der Waals surface area contributed by atoms with Gasteiger partial charge in [-0.25, -0.2) is 4.79 Å². The largest absolute Gasteiger partial charge is 0.480 e. The Kier molecular flexibility index (Phi) is 8.66. The fraction of sp³-hybridized carbons (Fsp3) is 0.714. The summed E-state index contributed by atoms with van der Waals surface area (Å²) in [6.07, 6.45) is 3.58. The summed E-state index contributed by atoms with van der Waals surface area (Å²) in [5, 5.41) is 8.84. The van der Waals surface area contributed by atoms with Crippen molar-refractivity contribution in [1.29, 1.82) is 0 Å². The predicted octanol–water partition coefficient (Wildman–Crippen LogP) is 2.44. The average Bonchev–Trinajstić information content (AvgIpc) is 2.38. The van der Waals surface area contributed by atoms with Crippen LogP contribution in [0.3, 0.4) is 0 Å². The Morgan fingerprint density at radius 3 is 2.16 bits per heavy atom. The number of nitrogens with zero attached hydrogens (tertiary/aromatic N) is 2. The van der Waals surface area contributed by atoms with E-state index in [-0.39, 0.29) is 19.1 Å². The van der Waals surface area contributed by atoms with Crippen LogP contribution >= 0.6 is 0 Å². The molecule has 0 fully saturated rings.